The largest absolute Gasteiger partial charge is 0.508 e. The number of carboxylic acid groups (broad SMARTS) is 1. The van der Waals surface area contributed by atoms with Crippen LogP contribution in [0.25, 0.3) is 10.8 Å². The van der Waals surface area contributed by atoms with Crippen LogP contribution < -0.4 is 5.56 Å². The molecule has 4 N–H and O–H groups in total. The molecule has 0 aliphatic carbocycles. The zero-order valence-electron chi connectivity index (χ0n) is 12.2. The van der Waals surface area contributed by atoms with Crippen molar-refractivity contribution in [3.63, 3.8) is 0 Å². The number of H-pyrrole nitrogens is 1. The molecule has 0 amide bonds. The van der Waals surface area contributed by atoms with Crippen LogP contribution in [-0.4, -0.2) is 32.5 Å². The van der Waals surface area contributed by atoms with Gasteiger partial charge in [0.05, 0.1) is 16.8 Å². The average molecular weight is 324 g/mol. The number of hydrogen-bond donors (Lipinski definition) is 4. The number of phenols is 1. The Morgan fingerprint density at radius 3 is 2.50 bits per heavy atom. The van der Waals surface area contributed by atoms with Crippen molar-refractivity contribution in [2.24, 2.45) is 4.99 Å². The zero-order chi connectivity index (χ0) is 17.3. The smallest absolute Gasteiger partial charge is 0.338 e. The number of nitrogens with zero attached hydrogens (tertiary/aromatic N) is 1. The van der Waals surface area contributed by atoms with Crippen molar-refractivity contribution in [2.75, 3.05) is 0 Å². The van der Waals surface area contributed by atoms with Gasteiger partial charge in [0.2, 0.25) is 5.88 Å². The van der Waals surface area contributed by atoms with Gasteiger partial charge in [0.15, 0.2) is 0 Å². The number of phenolic OH excluding ortho intramolecular Hbond substituents is 1. The van der Waals surface area contributed by atoms with E-state index in [0.29, 0.717) is 10.8 Å². The van der Waals surface area contributed by atoms with Gasteiger partial charge in [-0.15, -0.1) is 0 Å². The summed E-state index contributed by atoms with van der Waals surface area (Å²) < 4.78 is 0. The number of carbonyl (C=O) groups is 1. The molecule has 1 heterocycles. The summed E-state index contributed by atoms with van der Waals surface area (Å²) in [6.07, 6.45) is 1.27. The molecule has 1 aromatic heterocycles. The lowest BCUT2D eigenvalue weighted by molar-refractivity contribution is 0.0697. The van der Waals surface area contributed by atoms with E-state index in [1.807, 2.05) is 0 Å². The predicted molar refractivity (Wildman–Crippen MR) is 88.6 cm³/mol. The Labute approximate surface area is 135 Å². The molecule has 0 saturated heterocycles. The second kappa shape index (κ2) is 5.88. The summed E-state index contributed by atoms with van der Waals surface area (Å²) >= 11 is 0. The summed E-state index contributed by atoms with van der Waals surface area (Å²) in [5.41, 5.74) is -0.250. The van der Waals surface area contributed by atoms with Gasteiger partial charge in [0.25, 0.3) is 5.56 Å². The molecule has 0 unspecified atom stereocenters. The molecule has 2 aromatic carbocycles. The van der Waals surface area contributed by atoms with E-state index in [2.05, 4.69) is 9.98 Å². The first kappa shape index (κ1) is 15.3. The van der Waals surface area contributed by atoms with Gasteiger partial charge in [-0.1, -0.05) is 18.2 Å². The Hall–Kier alpha value is -3.61. The molecule has 7 nitrogen and oxygen atoms in total. The van der Waals surface area contributed by atoms with Crippen molar-refractivity contribution < 1.29 is 20.1 Å². The third-order valence-electron chi connectivity index (χ3n) is 3.49. The number of benzene rings is 2. The monoisotopic (exact) mass is 324 g/mol. The van der Waals surface area contributed by atoms with E-state index in [1.165, 1.54) is 18.3 Å². The SMILES string of the molecule is O=C(O)c1cc(O)ccc1N=Cc1c(O)[nH]c(=O)c2ccccc12. The molecule has 0 radical (unpaired) electrons. The standard InChI is InChI=1S/C17H12N2O5/c20-9-5-6-14(12(7-9)17(23)24)18-8-13-10-3-1-2-4-11(10)15(21)19-16(13)22/h1-8,20H,(H,23,24)(H2,19,21,22). The van der Waals surface area contributed by atoms with Crippen LogP contribution in [0.3, 0.4) is 0 Å². The number of aliphatic imine (C=N–C) groups is 1. The van der Waals surface area contributed by atoms with E-state index in [0.717, 1.165) is 6.07 Å². The lowest BCUT2D eigenvalue weighted by Gasteiger charge is -2.05. The van der Waals surface area contributed by atoms with Gasteiger partial charge in [0, 0.05) is 17.0 Å². The maximum absolute atomic E-state index is 11.8. The zero-order valence-corrected chi connectivity index (χ0v) is 12.2. The Morgan fingerprint density at radius 1 is 1.08 bits per heavy atom. The van der Waals surface area contributed by atoms with Crippen LogP contribution in [0.5, 0.6) is 11.6 Å². The summed E-state index contributed by atoms with van der Waals surface area (Å²) in [5, 5.41) is 29.4. The van der Waals surface area contributed by atoms with Crippen LogP contribution in [0.1, 0.15) is 15.9 Å². The maximum atomic E-state index is 11.8. The molecular formula is C17H12N2O5. The van der Waals surface area contributed by atoms with Gasteiger partial charge in [-0.25, -0.2) is 4.79 Å². The van der Waals surface area contributed by atoms with E-state index in [-0.39, 0.29) is 28.4 Å². The topological polar surface area (TPSA) is 123 Å². The first-order valence-electron chi connectivity index (χ1n) is 6.91. The Bertz CT molecular complexity index is 1040. The van der Waals surface area contributed by atoms with Crippen molar-refractivity contribution in [1.82, 2.24) is 4.98 Å². The van der Waals surface area contributed by atoms with Crippen LogP contribution in [0.15, 0.2) is 52.3 Å². The molecule has 120 valence electrons. The van der Waals surface area contributed by atoms with Crippen molar-refractivity contribution in [3.8, 4) is 11.6 Å². The second-order valence-electron chi connectivity index (χ2n) is 5.03. The van der Waals surface area contributed by atoms with Crippen LogP contribution in [-0.2, 0) is 0 Å². The minimum absolute atomic E-state index is 0.106. The number of hydrogen-bond acceptors (Lipinski definition) is 5. The summed E-state index contributed by atoms with van der Waals surface area (Å²) in [5.74, 6) is -1.80. The second-order valence-corrected chi connectivity index (χ2v) is 5.03. The number of nitrogens with one attached hydrogen (secondary N) is 1. The molecule has 3 aromatic rings. The fourth-order valence-electron chi connectivity index (χ4n) is 2.36. The van der Waals surface area contributed by atoms with Gasteiger partial charge < -0.3 is 15.3 Å². The third kappa shape index (κ3) is 2.70. The molecule has 0 fully saturated rings. The van der Waals surface area contributed by atoms with Crippen LogP contribution >= 0.6 is 0 Å². The number of aromatic amines is 1. The van der Waals surface area contributed by atoms with E-state index < -0.39 is 11.5 Å². The highest BCUT2D eigenvalue weighted by atomic mass is 16.4. The quantitative estimate of drug-likeness (QED) is 0.551. The predicted octanol–water partition coefficient (Wildman–Crippen LogP) is 2.39. The Morgan fingerprint density at radius 2 is 1.79 bits per heavy atom. The average Bonchev–Trinajstić information content (AvgIpc) is 2.55. The highest BCUT2D eigenvalue weighted by Crippen LogP contribution is 2.26. The van der Waals surface area contributed by atoms with Crippen LogP contribution in [0, 0.1) is 0 Å². The molecule has 24 heavy (non-hydrogen) atoms. The lowest BCUT2D eigenvalue weighted by atomic mass is 10.1. The number of rotatable bonds is 3. The highest BCUT2D eigenvalue weighted by Gasteiger charge is 2.12. The number of fused-ring (bicyclic) bond motifs is 1. The summed E-state index contributed by atoms with van der Waals surface area (Å²) in [4.78, 5) is 29.5. The fraction of sp³-hybridized carbons (Fsp3) is 0. The lowest BCUT2D eigenvalue weighted by Crippen LogP contribution is -2.07. The van der Waals surface area contributed by atoms with Crippen molar-refractivity contribution >= 4 is 28.6 Å². The van der Waals surface area contributed by atoms with Crippen molar-refractivity contribution in [3.05, 3.63) is 63.9 Å². The van der Waals surface area contributed by atoms with E-state index in [9.17, 15) is 19.8 Å². The van der Waals surface area contributed by atoms with Crippen molar-refractivity contribution in [2.45, 2.75) is 0 Å². The molecule has 0 bridgehead atoms. The molecule has 0 atom stereocenters. The molecular weight excluding hydrogens is 312 g/mol. The van der Waals surface area contributed by atoms with Gasteiger partial charge in [-0.3, -0.25) is 14.8 Å². The van der Waals surface area contributed by atoms with E-state index >= 15 is 0 Å². The van der Waals surface area contributed by atoms with Gasteiger partial charge in [-0.05, 0) is 24.3 Å². The number of pyridine rings is 1. The van der Waals surface area contributed by atoms with Gasteiger partial charge >= 0.3 is 5.97 Å². The first-order valence-corrected chi connectivity index (χ1v) is 6.91. The fourth-order valence-corrected chi connectivity index (χ4v) is 2.36. The molecule has 0 spiro atoms. The first-order chi connectivity index (χ1) is 11.5. The maximum Gasteiger partial charge on any atom is 0.338 e. The number of aromatic carboxylic acids is 1. The molecule has 3 rings (SSSR count). The van der Waals surface area contributed by atoms with Crippen molar-refractivity contribution in [1.29, 1.82) is 0 Å². The normalized spacial score (nSPS) is 11.2. The Kier molecular flexibility index (Phi) is 3.75. The van der Waals surface area contributed by atoms with Gasteiger partial charge in [0.1, 0.15) is 5.75 Å². The minimum atomic E-state index is -1.24. The number of carboxylic acids is 1. The number of aromatic nitrogens is 1. The molecule has 7 heteroatoms. The third-order valence-corrected chi connectivity index (χ3v) is 3.49. The molecule has 0 aliphatic heterocycles. The summed E-state index contributed by atoms with van der Waals surface area (Å²) in [6.45, 7) is 0. The van der Waals surface area contributed by atoms with Crippen LogP contribution in [0.4, 0.5) is 5.69 Å². The van der Waals surface area contributed by atoms with E-state index in [4.69, 9.17) is 5.11 Å². The molecule has 0 saturated carbocycles. The Balaban J connectivity index is 2.16. The minimum Gasteiger partial charge on any atom is -0.508 e. The van der Waals surface area contributed by atoms with Gasteiger partial charge in [-0.2, -0.15) is 0 Å². The van der Waals surface area contributed by atoms with E-state index in [1.54, 1.807) is 24.3 Å². The summed E-state index contributed by atoms with van der Waals surface area (Å²) in [7, 11) is 0. The highest BCUT2D eigenvalue weighted by molar-refractivity contribution is 6.03. The van der Waals surface area contributed by atoms with Crippen LogP contribution in [0.2, 0.25) is 0 Å². The number of aromatic hydroxyl groups is 2. The molecule has 0 aliphatic rings. The summed E-state index contributed by atoms with van der Waals surface area (Å²) in [6, 6.07) is 10.4.